The molecule has 0 fully saturated rings. The van der Waals surface area contributed by atoms with Gasteiger partial charge >= 0.3 is 5.97 Å². The van der Waals surface area contributed by atoms with Gasteiger partial charge < -0.3 is 9.84 Å². The second-order valence-electron chi connectivity index (χ2n) is 2.87. The van der Waals surface area contributed by atoms with Gasteiger partial charge in [-0.2, -0.15) is 0 Å². The van der Waals surface area contributed by atoms with Crippen molar-refractivity contribution in [2.24, 2.45) is 0 Å². The summed E-state index contributed by atoms with van der Waals surface area (Å²) in [5.74, 6) is 0.231. The quantitative estimate of drug-likeness (QED) is 0.616. The maximum absolute atomic E-state index is 10.5. The molecule has 0 spiro atoms. The van der Waals surface area contributed by atoms with Gasteiger partial charge in [0.1, 0.15) is 5.75 Å². The predicted molar refractivity (Wildman–Crippen MR) is 60.5 cm³/mol. The summed E-state index contributed by atoms with van der Waals surface area (Å²) in [6.45, 7) is 3.46. The molecular formula is C11H12O3S. The smallest absolute Gasteiger partial charge is 0.331 e. The molecule has 0 unspecified atom stereocenters. The van der Waals surface area contributed by atoms with Gasteiger partial charge in [-0.15, -0.1) is 11.8 Å². The van der Waals surface area contributed by atoms with Crippen LogP contribution >= 0.6 is 11.8 Å². The van der Waals surface area contributed by atoms with Crippen LogP contribution < -0.4 is 4.74 Å². The van der Waals surface area contributed by atoms with Crippen molar-refractivity contribution in [3.8, 4) is 5.75 Å². The summed E-state index contributed by atoms with van der Waals surface area (Å²) in [7, 11) is 1.61. The molecule has 0 saturated heterocycles. The van der Waals surface area contributed by atoms with Crippen molar-refractivity contribution < 1.29 is 14.6 Å². The summed E-state index contributed by atoms with van der Waals surface area (Å²) in [5.41, 5.74) is 0.204. The first-order chi connectivity index (χ1) is 7.13. The van der Waals surface area contributed by atoms with Crippen LogP contribution in [-0.2, 0) is 4.79 Å². The van der Waals surface area contributed by atoms with Crippen LogP contribution in [0, 0.1) is 0 Å². The SMILES string of the molecule is C=C(CSc1ccc(OC)cc1)C(=O)O. The molecule has 3 nitrogen and oxygen atoms in total. The number of carbonyl (C=O) groups is 1. The monoisotopic (exact) mass is 224 g/mol. The molecule has 0 aromatic heterocycles. The van der Waals surface area contributed by atoms with E-state index in [2.05, 4.69) is 6.58 Å². The van der Waals surface area contributed by atoms with Gasteiger partial charge in [0.15, 0.2) is 0 Å². The van der Waals surface area contributed by atoms with E-state index in [0.29, 0.717) is 5.75 Å². The molecule has 15 heavy (non-hydrogen) atoms. The van der Waals surface area contributed by atoms with Crippen LogP contribution in [0.5, 0.6) is 5.75 Å². The Labute approximate surface area is 92.8 Å². The third kappa shape index (κ3) is 3.67. The summed E-state index contributed by atoms with van der Waals surface area (Å²) in [5, 5.41) is 8.61. The van der Waals surface area contributed by atoms with Crippen molar-refractivity contribution in [3.63, 3.8) is 0 Å². The molecule has 0 radical (unpaired) electrons. The van der Waals surface area contributed by atoms with E-state index in [1.165, 1.54) is 11.8 Å². The van der Waals surface area contributed by atoms with E-state index in [0.717, 1.165) is 10.6 Å². The summed E-state index contributed by atoms with van der Waals surface area (Å²) >= 11 is 1.44. The molecule has 0 aliphatic carbocycles. The Bertz CT molecular complexity index is 357. The second kappa shape index (κ2) is 5.46. The average molecular weight is 224 g/mol. The lowest BCUT2D eigenvalue weighted by molar-refractivity contribution is -0.132. The molecule has 0 saturated carbocycles. The highest BCUT2D eigenvalue weighted by molar-refractivity contribution is 7.99. The van der Waals surface area contributed by atoms with Crippen molar-refractivity contribution in [2.45, 2.75) is 4.90 Å². The number of carboxylic acids is 1. The van der Waals surface area contributed by atoms with Crippen molar-refractivity contribution in [3.05, 3.63) is 36.4 Å². The van der Waals surface area contributed by atoms with E-state index in [-0.39, 0.29) is 5.57 Å². The molecule has 0 bridgehead atoms. The van der Waals surface area contributed by atoms with Crippen molar-refractivity contribution >= 4 is 17.7 Å². The highest BCUT2D eigenvalue weighted by Crippen LogP contribution is 2.22. The Kier molecular flexibility index (Phi) is 4.24. The number of benzene rings is 1. The minimum atomic E-state index is -0.948. The molecule has 1 aromatic carbocycles. The summed E-state index contributed by atoms with van der Waals surface area (Å²) < 4.78 is 5.01. The topological polar surface area (TPSA) is 46.5 Å². The van der Waals surface area contributed by atoms with E-state index < -0.39 is 5.97 Å². The minimum Gasteiger partial charge on any atom is -0.497 e. The van der Waals surface area contributed by atoms with Gasteiger partial charge in [-0.1, -0.05) is 6.58 Å². The number of hydrogen-bond donors (Lipinski definition) is 1. The number of ether oxygens (including phenoxy) is 1. The van der Waals surface area contributed by atoms with E-state index in [1.54, 1.807) is 7.11 Å². The molecule has 0 aliphatic rings. The maximum atomic E-state index is 10.5. The van der Waals surface area contributed by atoms with Gasteiger partial charge in [0.2, 0.25) is 0 Å². The zero-order valence-corrected chi connectivity index (χ0v) is 9.21. The lowest BCUT2D eigenvalue weighted by Gasteiger charge is -2.03. The van der Waals surface area contributed by atoms with Crippen molar-refractivity contribution in [2.75, 3.05) is 12.9 Å². The zero-order valence-electron chi connectivity index (χ0n) is 8.40. The summed E-state index contributed by atoms with van der Waals surface area (Å²) in [6.07, 6.45) is 0. The van der Waals surface area contributed by atoms with Gasteiger partial charge in [-0.05, 0) is 24.3 Å². The molecule has 1 rings (SSSR count). The fourth-order valence-corrected chi connectivity index (χ4v) is 1.70. The predicted octanol–water partition coefficient (Wildman–Crippen LogP) is 2.43. The van der Waals surface area contributed by atoms with Gasteiger partial charge in [0.25, 0.3) is 0 Å². The molecule has 1 N–H and O–H groups in total. The van der Waals surface area contributed by atoms with Crippen molar-refractivity contribution in [1.29, 1.82) is 0 Å². The molecule has 0 heterocycles. The molecule has 80 valence electrons. The summed E-state index contributed by atoms with van der Waals surface area (Å²) in [6, 6.07) is 7.45. The Hall–Kier alpha value is -1.42. The molecule has 1 aromatic rings. The number of aliphatic carboxylic acids is 1. The molecule has 4 heteroatoms. The maximum Gasteiger partial charge on any atom is 0.331 e. The fraction of sp³-hybridized carbons (Fsp3) is 0.182. The Balaban J connectivity index is 2.51. The van der Waals surface area contributed by atoms with Crippen LogP contribution in [-0.4, -0.2) is 23.9 Å². The van der Waals surface area contributed by atoms with Gasteiger partial charge in [0, 0.05) is 16.2 Å². The Morgan fingerprint density at radius 3 is 2.53 bits per heavy atom. The lowest BCUT2D eigenvalue weighted by atomic mass is 10.3. The van der Waals surface area contributed by atoms with E-state index >= 15 is 0 Å². The van der Waals surface area contributed by atoms with E-state index in [9.17, 15) is 4.79 Å². The first kappa shape index (κ1) is 11.7. The van der Waals surface area contributed by atoms with Gasteiger partial charge in [-0.3, -0.25) is 0 Å². The Morgan fingerprint density at radius 2 is 2.07 bits per heavy atom. The minimum absolute atomic E-state index is 0.204. The first-order valence-electron chi connectivity index (χ1n) is 4.31. The van der Waals surface area contributed by atoms with Gasteiger partial charge in [-0.25, -0.2) is 4.79 Å². The molecule has 0 atom stereocenters. The first-order valence-corrected chi connectivity index (χ1v) is 5.30. The number of carboxylic acid groups (broad SMARTS) is 1. The Morgan fingerprint density at radius 1 is 1.47 bits per heavy atom. The second-order valence-corrected chi connectivity index (χ2v) is 3.92. The third-order valence-corrected chi connectivity index (χ3v) is 2.87. The number of thioether (sulfide) groups is 1. The molecule has 0 amide bonds. The highest BCUT2D eigenvalue weighted by Gasteiger charge is 2.04. The van der Waals surface area contributed by atoms with Crippen LogP contribution in [0.2, 0.25) is 0 Å². The standard InChI is InChI=1S/C11H12O3S/c1-8(11(12)13)7-15-10-5-3-9(14-2)4-6-10/h3-6H,1,7H2,2H3,(H,12,13). The number of hydrogen-bond acceptors (Lipinski definition) is 3. The normalized spacial score (nSPS) is 9.67. The van der Waals surface area contributed by atoms with E-state index in [4.69, 9.17) is 9.84 Å². The zero-order chi connectivity index (χ0) is 11.3. The van der Waals surface area contributed by atoms with Crippen LogP contribution in [0.15, 0.2) is 41.3 Å². The van der Waals surface area contributed by atoms with Gasteiger partial charge in [0.05, 0.1) is 7.11 Å². The summed E-state index contributed by atoms with van der Waals surface area (Å²) in [4.78, 5) is 11.5. The average Bonchev–Trinajstić information content (AvgIpc) is 2.26. The third-order valence-electron chi connectivity index (χ3n) is 1.77. The largest absolute Gasteiger partial charge is 0.497 e. The highest BCUT2D eigenvalue weighted by atomic mass is 32.2. The van der Waals surface area contributed by atoms with E-state index in [1.807, 2.05) is 24.3 Å². The molecule has 0 aliphatic heterocycles. The van der Waals surface area contributed by atoms with Crippen LogP contribution in [0.25, 0.3) is 0 Å². The molecular weight excluding hydrogens is 212 g/mol. The van der Waals surface area contributed by atoms with Crippen LogP contribution in [0.1, 0.15) is 0 Å². The van der Waals surface area contributed by atoms with Crippen LogP contribution in [0.4, 0.5) is 0 Å². The lowest BCUT2D eigenvalue weighted by Crippen LogP contribution is -2.00. The fourth-order valence-electron chi connectivity index (χ4n) is 0.904. The number of methoxy groups -OCH3 is 1. The van der Waals surface area contributed by atoms with Crippen molar-refractivity contribution in [1.82, 2.24) is 0 Å². The number of rotatable bonds is 5. The van der Waals surface area contributed by atoms with Crippen LogP contribution in [0.3, 0.4) is 0 Å².